The zero-order chi connectivity index (χ0) is 21.2. The minimum absolute atomic E-state index is 0.529. The minimum Gasteiger partial charge on any atom is -0.493 e. The molecule has 0 spiro atoms. The number of nitrogens with one attached hydrogen (secondary N) is 2. The summed E-state index contributed by atoms with van der Waals surface area (Å²) in [7, 11) is 4.96. The van der Waals surface area contributed by atoms with Gasteiger partial charge in [-0.25, -0.2) is 4.99 Å². The number of methoxy groups -OCH3 is 3. The molecule has 1 aromatic heterocycles. The Balaban J connectivity index is 2.08. The van der Waals surface area contributed by atoms with E-state index in [9.17, 15) is 0 Å². The molecule has 0 fully saturated rings. The molecule has 0 aliphatic heterocycles. The molecule has 0 aliphatic rings. The van der Waals surface area contributed by atoms with E-state index in [2.05, 4.69) is 22.7 Å². The van der Waals surface area contributed by atoms with Crippen molar-refractivity contribution < 1.29 is 14.2 Å². The number of aromatic nitrogens is 2. The lowest BCUT2D eigenvalue weighted by Gasteiger charge is -2.13. The molecule has 0 radical (unpaired) electrons. The minimum atomic E-state index is 0.529. The summed E-state index contributed by atoms with van der Waals surface area (Å²) < 4.78 is 17.8. The predicted molar refractivity (Wildman–Crippen MR) is 115 cm³/mol. The Labute approximate surface area is 173 Å². The van der Waals surface area contributed by atoms with E-state index in [0.717, 1.165) is 36.0 Å². The van der Waals surface area contributed by atoms with Crippen LogP contribution in [0.5, 0.6) is 11.5 Å². The second-order valence-corrected chi connectivity index (χ2v) is 6.60. The molecule has 0 bridgehead atoms. The Morgan fingerprint density at radius 1 is 1.10 bits per heavy atom. The summed E-state index contributed by atoms with van der Waals surface area (Å²) in [5.74, 6) is 2.17. The number of nitrogens with zero attached hydrogens (tertiary/aromatic N) is 3. The standard InChI is InChI=1S/C21H33N5O3/c1-7-22-21(23-13-17-8-9-19(28-5)20(12-17)29-6)24-14-18-15(2)25-26(16(18)3)10-11-27-4/h8-9,12H,7,10-11,13-14H2,1-6H3,(H2,22,23,24). The number of hydrogen-bond donors (Lipinski definition) is 2. The Kier molecular flexibility index (Phi) is 8.79. The van der Waals surface area contributed by atoms with Crippen LogP contribution in [0.3, 0.4) is 0 Å². The highest BCUT2D eigenvalue weighted by Gasteiger charge is 2.12. The van der Waals surface area contributed by atoms with E-state index in [1.54, 1.807) is 21.3 Å². The molecule has 8 heteroatoms. The van der Waals surface area contributed by atoms with Gasteiger partial charge < -0.3 is 24.8 Å². The summed E-state index contributed by atoms with van der Waals surface area (Å²) in [6, 6.07) is 5.83. The lowest BCUT2D eigenvalue weighted by Crippen LogP contribution is -2.37. The van der Waals surface area contributed by atoms with E-state index < -0.39 is 0 Å². The second kappa shape index (κ2) is 11.3. The maximum absolute atomic E-state index is 5.37. The fourth-order valence-electron chi connectivity index (χ4n) is 3.05. The molecule has 8 nitrogen and oxygen atoms in total. The number of benzene rings is 1. The van der Waals surface area contributed by atoms with Crippen molar-refractivity contribution >= 4 is 5.96 Å². The molecule has 160 valence electrons. The number of guanidine groups is 1. The van der Waals surface area contributed by atoms with E-state index in [-0.39, 0.29) is 0 Å². The quantitative estimate of drug-likeness (QED) is 0.468. The highest BCUT2D eigenvalue weighted by Crippen LogP contribution is 2.27. The van der Waals surface area contributed by atoms with E-state index in [4.69, 9.17) is 19.2 Å². The molecule has 2 aromatic rings. The summed E-state index contributed by atoms with van der Waals surface area (Å²) in [6.45, 7) is 9.52. The van der Waals surface area contributed by atoms with Gasteiger partial charge in [0.1, 0.15) is 0 Å². The van der Waals surface area contributed by atoms with Gasteiger partial charge in [0.05, 0.1) is 39.6 Å². The van der Waals surface area contributed by atoms with Gasteiger partial charge in [0.15, 0.2) is 17.5 Å². The second-order valence-electron chi connectivity index (χ2n) is 6.60. The average Bonchev–Trinajstić information content (AvgIpc) is 3.00. The summed E-state index contributed by atoms with van der Waals surface area (Å²) in [5.41, 5.74) is 4.38. The van der Waals surface area contributed by atoms with Crippen LogP contribution in [0.2, 0.25) is 0 Å². The van der Waals surface area contributed by atoms with Crippen molar-refractivity contribution in [1.82, 2.24) is 20.4 Å². The zero-order valence-electron chi connectivity index (χ0n) is 18.3. The molecule has 29 heavy (non-hydrogen) atoms. The third-order valence-electron chi connectivity index (χ3n) is 4.68. The Bertz CT molecular complexity index is 817. The van der Waals surface area contributed by atoms with Crippen LogP contribution < -0.4 is 20.1 Å². The molecule has 0 aliphatic carbocycles. The largest absolute Gasteiger partial charge is 0.493 e. The van der Waals surface area contributed by atoms with E-state index >= 15 is 0 Å². The van der Waals surface area contributed by atoms with Gasteiger partial charge in [0.2, 0.25) is 0 Å². The highest BCUT2D eigenvalue weighted by atomic mass is 16.5. The van der Waals surface area contributed by atoms with Crippen LogP contribution in [0, 0.1) is 13.8 Å². The molecule has 2 N–H and O–H groups in total. The van der Waals surface area contributed by atoms with E-state index in [1.165, 1.54) is 5.56 Å². The molecule has 0 saturated carbocycles. The first-order valence-electron chi connectivity index (χ1n) is 9.78. The number of aliphatic imine (C=N–C) groups is 1. The first-order valence-corrected chi connectivity index (χ1v) is 9.78. The molecule has 1 heterocycles. The Hall–Kier alpha value is -2.74. The van der Waals surface area contributed by atoms with Crippen LogP contribution in [-0.4, -0.2) is 50.2 Å². The van der Waals surface area contributed by atoms with E-state index in [0.29, 0.717) is 31.2 Å². The third-order valence-corrected chi connectivity index (χ3v) is 4.68. The van der Waals surface area contributed by atoms with Crippen molar-refractivity contribution in [2.75, 3.05) is 34.5 Å². The van der Waals surface area contributed by atoms with Crippen molar-refractivity contribution in [1.29, 1.82) is 0 Å². The molecule has 0 unspecified atom stereocenters. The topological polar surface area (TPSA) is 81.9 Å². The zero-order valence-corrected chi connectivity index (χ0v) is 18.3. The first-order chi connectivity index (χ1) is 14.0. The summed E-state index contributed by atoms with van der Waals surface area (Å²) >= 11 is 0. The number of hydrogen-bond acceptors (Lipinski definition) is 5. The molecule has 0 atom stereocenters. The average molecular weight is 404 g/mol. The fraction of sp³-hybridized carbons (Fsp3) is 0.524. The molecular weight excluding hydrogens is 370 g/mol. The first kappa shape index (κ1) is 22.5. The highest BCUT2D eigenvalue weighted by molar-refractivity contribution is 5.79. The van der Waals surface area contributed by atoms with Crippen LogP contribution >= 0.6 is 0 Å². The maximum atomic E-state index is 5.37. The van der Waals surface area contributed by atoms with Crippen molar-refractivity contribution in [3.05, 3.63) is 40.7 Å². The van der Waals surface area contributed by atoms with Gasteiger partial charge in [0.25, 0.3) is 0 Å². The van der Waals surface area contributed by atoms with Crippen LogP contribution in [0.25, 0.3) is 0 Å². The van der Waals surface area contributed by atoms with Gasteiger partial charge >= 0.3 is 0 Å². The lowest BCUT2D eigenvalue weighted by atomic mass is 10.2. The molecule has 0 amide bonds. The third kappa shape index (κ3) is 6.12. The van der Waals surface area contributed by atoms with Gasteiger partial charge in [-0.1, -0.05) is 6.07 Å². The van der Waals surface area contributed by atoms with Gasteiger partial charge in [-0.05, 0) is 38.5 Å². The monoisotopic (exact) mass is 403 g/mol. The number of ether oxygens (including phenoxy) is 3. The Morgan fingerprint density at radius 2 is 1.86 bits per heavy atom. The van der Waals surface area contributed by atoms with Crippen LogP contribution in [-0.2, 0) is 24.4 Å². The lowest BCUT2D eigenvalue weighted by molar-refractivity contribution is 0.182. The molecular formula is C21H33N5O3. The molecule has 1 aromatic carbocycles. The number of aryl methyl sites for hydroxylation is 1. The van der Waals surface area contributed by atoms with Crippen molar-refractivity contribution in [3.8, 4) is 11.5 Å². The summed E-state index contributed by atoms with van der Waals surface area (Å²) in [5, 5.41) is 11.3. The SMILES string of the molecule is CCNC(=NCc1ccc(OC)c(OC)c1)NCc1c(C)nn(CCOC)c1C. The van der Waals surface area contributed by atoms with Crippen LogP contribution in [0.15, 0.2) is 23.2 Å². The Morgan fingerprint density at radius 3 is 2.52 bits per heavy atom. The molecule has 2 rings (SSSR count). The van der Waals surface area contributed by atoms with Crippen molar-refractivity contribution in [2.24, 2.45) is 4.99 Å². The van der Waals surface area contributed by atoms with Crippen LogP contribution in [0.1, 0.15) is 29.4 Å². The van der Waals surface area contributed by atoms with Gasteiger partial charge in [-0.15, -0.1) is 0 Å². The van der Waals surface area contributed by atoms with Crippen molar-refractivity contribution in [3.63, 3.8) is 0 Å². The van der Waals surface area contributed by atoms with Crippen LogP contribution in [0.4, 0.5) is 0 Å². The van der Waals surface area contributed by atoms with Gasteiger partial charge in [0, 0.05) is 31.5 Å². The van der Waals surface area contributed by atoms with Gasteiger partial charge in [-0.2, -0.15) is 5.10 Å². The fourth-order valence-corrected chi connectivity index (χ4v) is 3.05. The normalized spacial score (nSPS) is 11.4. The smallest absolute Gasteiger partial charge is 0.191 e. The predicted octanol–water partition coefficient (Wildman–Crippen LogP) is 2.42. The van der Waals surface area contributed by atoms with Crippen molar-refractivity contribution in [2.45, 2.75) is 40.4 Å². The summed E-state index contributed by atoms with van der Waals surface area (Å²) in [6.07, 6.45) is 0. The molecule has 0 saturated heterocycles. The number of rotatable bonds is 10. The summed E-state index contributed by atoms with van der Waals surface area (Å²) in [4.78, 5) is 4.70. The van der Waals surface area contributed by atoms with E-state index in [1.807, 2.05) is 36.7 Å². The van der Waals surface area contributed by atoms with Gasteiger partial charge in [-0.3, -0.25) is 4.68 Å². The maximum Gasteiger partial charge on any atom is 0.191 e.